The zero-order valence-electron chi connectivity index (χ0n) is 8.65. The Balaban J connectivity index is 1.94. The van der Waals surface area contributed by atoms with Gasteiger partial charge in [-0.3, -0.25) is 4.40 Å². The highest BCUT2D eigenvalue weighted by atomic mass is 32.2. The van der Waals surface area contributed by atoms with Crippen molar-refractivity contribution in [2.45, 2.75) is 11.9 Å². The Labute approximate surface area is 97.2 Å². The first kappa shape index (κ1) is 11.4. The SMILES string of the molecule is OCC(O)CSCc1cn2cccnc2n1. The van der Waals surface area contributed by atoms with E-state index < -0.39 is 6.10 Å². The summed E-state index contributed by atoms with van der Waals surface area (Å²) in [6.45, 7) is -0.195. The molecule has 2 heterocycles. The van der Waals surface area contributed by atoms with Gasteiger partial charge in [-0.1, -0.05) is 0 Å². The fourth-order valence-electron chi connectivity index (χ4n) is 1.30. The zero-order valence-corrected chi connectivity index (χ0v) is 9.47. The van der Waals surface area contributed by atoms with Crippen molar-refractivity contribution in [2.75, 3.05) is 12.4 Å². The van der Waals surface area contributed by atoms with Crippen LogP contribution in [-0.4, -0.2) is 43.0 Å². The van der Waals surface area contributed by atoms with Gasteiger partial charge in [0.2, 0.25) is 5.78 Å². The van der Waals surface area contributed by atoms with Gasteiger partial charge in [-0.25, -0.2) is 9.97 Å². The number of aliphatic hydroxyl groups is 2. The minimum Gasteiger partial charge on any atom is -0.394 e. The third kappa shape index (κ3) is 2.72. The Hall–Kier alpha value is -1.11. The van der Waals surface area contributed by atoms with Crippen LogP contribution < -0.4 is 0 Å². The van der Waals surface area contributed by atoms with Crippen molar-refractivity contribution in [3.63, 3.8) is 0 Å². The quantitative estimate of drug-likeness (QED) is 0.786. The molecule has 0 saturated carbocycles. The van der Waals surface area contributed by atoms with Gasteiger partial charge in [0.05, 0.1) is 18.4 Å². The van der Waals surface area contributed by atoms with Crippen LogP contribution in [0.1, 0.15) is 5.69 Å². The van der Waals surface area contributed by atoms with E-state index in [-0.39, 0.29) is 6.61 Å². The summed E-state index contributed by atoms with van der Waals surface area (Å²) in [5, 5.41) is 17.8. The van der Waals surface area contributed by atoms with Crippen molar-refractivity contribution in [3.05, 3.63) is 30.4 Å². The molecule has 0 aliphatic carbocycles. The number of hydrogen-bond acceptors (Lipinski definition) is 5. The van der Waals surface area contributed by atoms with E-state index >= 15 is 0 Å². The van der Waals surface area contributed by atoms with E-state index in [0.29, 0.717) is 17.3 Å². The Morgan fingerprint density at radius 3 is 3.12 bits per heavy atom. The van der Waals surface area contributed by atoms with Crippen molar-refractivity contribution < 1.29 is 10.2 Å². The van der Waals surface area contributed by atoms with Crippen molar-refractivity contribution >= 4 is 17.5 Å². The molecule has 0 amide bonds. The highest BCUT2D eigenvalue weighted by Gasteiger charge is 2.05. The molecule has 16 heavy (non-hydrogen) atoms. The van der Waals surface area contributed by atoms with Crippen molar-refractivity contribution in [3.8, 4) is 0 Å². The van der Waals surface area contributed by atoms with E-state index in [9.17, 15) is 0 Å². The summed E-state index contributed by atoms with van der Waals surface area (Å²) in [6, 6.07) is 1.85. The molecule has 1 atom stereocenters. The first-order valence-electron chi connectivity index (χ1n) is 4.95. The first-order chi connectivity index (χ1) is 7.79. The van der Waals surface area contributed by atoms with Gasteiger partial charge in [-0.05, 0) is 6.07 Å². The van der Waals surface area contributed by atoms with Crippen LogP contribution in [0.3, 0.4) is 0 Å². The maximum atomic E-state index is 9.17. The molecule has 2 N–H and O–H groups in total. The lowest BCUT2D eigenvalue weighted by atomic mass is 10.4. The van der Waals surface area contributed by atoms with E-state index in [1.165, 1.54) is 0 Å². The number of thioether (sulfide) groups is 1. The summed E-state index contributed by atoms with van der Waals surface area (Å²) in [6.07, 6.45) is 4.86. The molecule has 2 rings (SSSR count). The van der Waals surface area contributed by atoms with Crippen LogP contribution in [0.5, 0.6) is 0 Å². The standard InChI is InChI=1S/C10H13N3O2S/c14-5-9(15)7-16-6-8-4-13-3-1-2-11-10(13)12-8/h1-4,9,14-15H,5-7H2. The molecule has 5 nitrogen and oxygen atoms in total. The average Bonchev–Trinajstić information content (AvgIpc) is 2.71. The van der Waals surface area contributed by atoms with Crippen LogP contribution in [-0.2, 0) is 5.75 Å². The Kier molecular flexibility index (Phi) is 3.76. The number of fused-ring (bicyclic) bond motifs is 1. The van der Waals surface area contributed by atoms with Gasteiger partial charge in [-0.2, -0.15) is 11.8 Å². The van der Waals surface area contributed by atoms with Crippen LogP contribution in [0.15, 0.2) is 24.7 Å². The van der Waals surface area contributed by atoms with E-state index in [1.54, 1.807) is 18.0 Å². The molecule has 2 aromatic rings. The average molecular weight is 239 g/mol. The van der Waals surface area contributed by atoms with Gasteiger partial charge >= 0.3 is 0 Å². The van der Waals surface area contributed by atoms with Crippen molar-refractivity contribution in [1.29, 1.82) is 0 Å². The molecule has 1 unspecified atom stereocenters. The van der Waals surface area contributed by atoms with Crippen molar-refractivity contribution in [2.24, 2.45) is 0 Å². The van der Waals surface area contributed by atoms with Crippen molar-refractivity contribution in [1.82, 2.24) is 14.4 Å². The molecule has 2 aromatic heterocycles. The third-order valence-electron chi connectivity index (χ3n) is 2.06. The Morgan fingerprint density at radius 1 is 1.50 bits per heavy atom. The molecule has 0 aliphatic heterocycles. The first-order valence-corrected chi connectivity index (χ1v) is 6.10. The molecular formula is C10H13N3O2S. The predicted octanol–water partition coefficient (Wildman–Crippen LogP) is 0.316. The Morgan fingerprint density at radius 2 is 2.38 bits per heavy atom. The predicted molar refractivity (Wildman–Crippen MR) is 62.2 cm³/mol. The second kappa shape index (κ2) is 5.29. The lowest BCUT2D eigenvalue weighted by molar-refractivity contribution is 0.113. The molecule has 0 spiro atoms. The van der Waals surface area contributed by atoms with Crippen LogP contribution in [0.4, 0.5) is 0 Å². The fraction of sp³-hybridized carbons (Fsp3) is 0.400. The van der Waals surface area contributed by atoms with Gasteiger partial charge < -0.3 is 10.2 Å². The lowest BCUT2D eigenvalue weighted by Crippen LogP contribution is -2.14. The molecule has 0 fully saturated rings. The minimum atomic E-state index is -0.653. The topological polar surface area (TPSA) is 70.7 Å². The number of hydrogen-bond donors (Lipinski definition) is 2. The van der Waals surface area contributed by atoms with Gasteiger partial charge in [-0.15, -0.1) is 0 Å². The van der Waals surface area contributed by atoms with Gasteiger partial charge in [0.15, 0.2) is 0 Å². The highest BCUT2D eigenvalue weighted by molar-refractivity contribution is 7.98. The summed E-state index contributed by atoms with van der Waals surface area (Å²) >= 11 is 1.54. The Bertz CT molecular complexity index is 427. The monoisotopic (exact) mass is 239 g/mol. The molecule has 0 radical (unpaired) electrons. The van der Waals surface area contributed by atoms with Gasteiger partial charge in [0.1, 0.15) is 0 Å². The summed E-state index contributed by atoms with van der Waals surface area (Å²) in [5.74, 6) is 1.90. The number of aliphatic hydroxyl groups excluding tert-OH is 2. The number of rotatable bonds is 5. The van der Waals surface area contributed by atoms with Gasteiger partial charge in [0.25, 0.3) is 0 Å². The molecule has 6 heteroatoms. The number of aromatic nitrogens is 3. The molecular weight excluding hydrogens is 226 g/mol. The summed E-state index contributed by atoms with van der Waals surface area (Å²) in [7, 11) is 0. The highest BCUT2D eigenvalue weighted by Crippen LogP contribution is 2.12. The number of nitrogens with zero attached hydrogens (tertiary/aromatic N) is 3. The molecule has 0 saturated heterocycles. The van der Waals surface area contributed by atoms with E-state index in [0.717, 1.165) is 5.69 Å². The lowest BCUT2D eigenvalue weighted by Gasteiger charge is -2.04. The smallest absolute Gasteiger partial charge is 0.233 e. The maximum Gasteiger partial charge on any atom is 0.233 e. The summed E-state index contributed by atoms with van der Waals surface area (Å²) in [5.41, 5.74) is 0.925. The van der Waals surface area contributed by atoms with E-state index in [4.69, 9.17) is 10.2 Å². The largest absolute Gasteiger partial charge is 0.394 e. The van der Waals surface area contributed by atoms with Crippen LogP contribution in [0, 0.1) is 0 Å². The maximum absolute atomic E-state index is 9.17. The fourth-order valence-corrected chi connectivity index (χ4v) is 2.14. The number of imidazole rings is 1. The normalized spacial score (nSPS) is 13.1. The van der Waals surface area contributed by atoms with Gasteiger partial charge in [0, 0.05) is 30.1 Å². The van der Waals surface area contributed by atoms with E-state index in [2.05, 4.69) is 9.97 Å². The summed E-state index contributed by atoms with van der Waals surface area (Å²) < 4.78 is 1.86. The second-order valence-electron chi connectivity index (χ2n) is 3.41. The van der Waals surface area contributed by atoms with Crippen LogP contribution in [0.2, 0.25) is 0 Å². The third-order valence-corrected chi connectivity index (χ3v) is 3.18. The van der Waals surface area contributed by atoms with E-state index in [1.807, 2.05) is 22.9 Å². The summed E-state index contributed by atoms with van der Waals surface area (Å²) in [4.78, 5) is 8.44. The second-order valence-corrected chi connectivity index (χ2v) is 4.44. The minimum absolute atomic E-state index is 0.195. The van der Waals surface area contributed by atoms with Crippen LogP contribution in [0.25, 0.3) is 5.78 Å². The zero-order chi connectivity index (χ0) is 11.4. The molecule has 0 bridgehead atoms. The molecule has 86 valence electrons. The molecule has 0 aromatic carbocycles. The van der Waals surface area contributed by atoms with Crippen LogP contribution >= 0.6 is 11.8 Å². The molecule has 0 aliphatic rings.